The van der Waals surface area contributed by atoms with Crippen molar-refractivity contribution in [3.8, 4) is 0 Å². The smallest absolute Gasteiger partial charge is 0.0802 e. The van der Waals surface area contributed by atoms with Gasteiger partial charge in [0.25, 0.3) is 0 Å². The van der Waals surface area contributed by atoms with Crippen LogP contribution in [0.5, 0.6) is 0 Å². The molecule has 0 atom stereocenters. The SMILES string of the molecule is C1=Cc2cccc3c2N(C1)SN3. The first kappa shape index (κ1) is 6.43. The van der Waals surface area contributed by atoms with Gasteiger partial charge in [-0.3, -0.25) is 4.31 Å². The highest BCUT2D eigenvalue weighted by Crippen LogP contribution is 2.43. The first-order valence-electron chi connectivity index (χ1n) is 3.95. The number of para-hydroxylation sites is 1. The van der Waals surface area contributed by atoms with Gasteiger partial charge in [0, 0.05) is 12.1 Å². The Kier molecular flexibility index (Phi) is 1.18. The molecule has 0 saturated carbocycles. The molecule has 2 aliphatic rings. The van der Waals surface area contributed by atoms with Gasteiger partial charge in [-0.25, -0.2) is 0 Å². The Hall–Kier alpha value is -1.09. The van der Waals surface area contributed by atoms with Crippen molar-refractivity contribution in [3.05, 3.63) is 29.8 Å². The molecule has 0 fully saturated rings. The summed E-state index contributed by atoms with van der Waals surface area (Å²) in [6.45, 7) is 1.00. The lowest BCUT2D eigenvalue weighted by atomic mass is 10.1. The summed E-state index contributed by atoms with van der Waals surface area (Å²) in [6, 6.07) is 6.35. The average molecular weight is 176 g/mol. The van der Waals surface area contributed by atoms with E-state index in [1.807, 2.05) is 0 Å². The normalized spacial score (nSPS) is 17.5. The Bertz CT molecular complexity index is 360. The molecule has 0 aromatic heterocycles. The highest BCUT2D eigenvalue weighted by atomic mass is 32.2. The van der Waals surface area contributed by atoms with Crippen LogP contribution in [0, 0.1) is 0 Å². The Morgan fingerprint density at radius 1 is 1.42 bits per heavy atom. The van der Waals surface area contributed by atoms with E-state index < -0.39 is 0 Å². The zero-order chi connectivity index (χ0) is 7.97. The van der Waals surface area contributed by atoms with Crippen molar-refractivity contribution >= 4 is 29.6 Å². The van der Waals surface area contributed by atoms with Gasteiger partial charge in [0.15, 0.2) is 0 Å². The van der Waals surface area contributed by atoms with E-state index in [0.717, 1.165) is 6.54 Å². The van der Waals surface area contributed by atoms with Gasteiger partial charge in [-0.1, -0.05) is 24.3 Å². The Balaban J connectivity index is 2.30. The first-order valence-corrected chi connectivity index (χ1v) is 4.72. The predicted molar refractivity (Wildman–Crippen MR) is 54.0 cm³/mol. The van der Waals surface area contributed by atoms with E-state index in [-0.39, 0.29) is 0 Å². The van der Waals surface area contributed by atoms with Gasteiger partial charge in [-0.05, 0) is 6.07 Å². The summed E-state index contributed by atoms with van der Waals surface area (Å²) < 4.78 is 5.55. The molecule has 2 nitrogen and oxygen atoms in total. The van der Waals surface area contributed by atoms with Crippen molar-refractivity contribution in [1.82, 2.24) is 0 Å². The molecule has 0 spiro atoms. The molecule has 1 aromatic rings. The lowest BCUT2D eigenvalue weighted by Crippen LogP contribution is -2.14. The maximum Gasteiger partial charge on any atom is 0.0802 e. The second kappa shape index (κ2) is 2.20. The molecular formula is C9H8N2S. The van der Waals surface area contributed by atoms with Gasteiger partial charge in [0.05, 0.1) is 23.5 Å². The average Bonchev–Trinajstić information content (AvgIpc) is 2.52. The molecular weight excluding hydrogens is 168 g/mol. The van der Waals surface area contributed by atoms with Crippen molar-refractivity contribution < 1.29 is 0 Å². The van der Waals surface area contributed by atoms with Gasteiger partial charge in [0.2, 0.25) is 0 Å². The van der Waals surface area contributed by atoms with Gasteiger partial charge in [0.1, 0.15) is 0 Å². The van der Waals surface area contributed by atoms with E-state index in [0.29, 0.717) is 0 Å². The number of hydrogen-bond acceptors (Lipinski definition) is 3. The van der Waals surface area contributed by atoms with Crippen LogP contribution >= 0.6 is 12.1 Å². The maximum atomic E-state index is 3.28. The Morgan fingerprint density at radius 2 is 2.42 bits per heavy atom. The van der Waals surface area contributed by atoms with Crippen molar-refractivity contribution in [2.24, 2.45) is 0 Å². The lowest BCUT2D eigenvalue weighted by molar-refractivity contribution is 1.21. The van der Waals surface area contributed by atoms with E-state index >= 15 is 0 Å². The highest BCUT2D eigenvalue weighted by molar-refractivity contribution is 8.02. The fourth-order valence-corrected chi connectivity index (χ4v) is 2.44. The number of nitrogens with one attached hydrogen (secondary N) is 1. The number of nitrogens with zero attached hydrogens (tertiary/aromatic N) is 1. The van der Waals surface area contributed by atoms with Crippen LogP contribution in [0.3, 0.4) is 0 Å². The molecule has 3 rings (SSSR count). The van der Waals surface area contributed by atoms with Crippen LogP contribution in [0.25, 0.3) is 6.08 Å². The lowest BCUT2D eigenvalue weighted by Gasteiger charge is -2.19. The van der Waals surface area contributed by atoms with Gasteiger partial charge >= 0.3 is 0 Å². The van der Waals surface area contributed by atoms with E-state index in [1.165, 1.54) is 16.9 Å². The van der Waals surface area contributed by atoms with E-state index in [9.17, 15) is 0 Å². The van der Waals surface area contributed by atoms with Crippen LogP contribution in [0.15, 0.2) is 24.3 Å². The molecule has 12 heavy (non-hydrogen) atoms. The topological polar surface area (TPSA) is 15.3 Å². The monoisotopic (exact) mass is 176 g/mol. The largest absolute Gasteiger partial charge is 0.310 e. The summed E-state index contributed by atoms with van der Waals surface area (Å²) in [5.41, 5.74) is 3.89. The summed E-state index contributed by atoms with van der Waals surface area (Å²) in [5, 5.41) is 0. The van der Waals surface area contributed by atoms with E-state index in [1.54, 1.807) is 12.1 Å². The fraction of sp³-hybridized carbons (Fsp3) is 0.111. The predicted octanol–water partition coefficient (Wildman–Crippen LogP) is 2.51. The second-order valence-corrected chi connectivity index (χ2v) is 3.73. The standard InChI is InChI=1S/C9H8N2S/c1-3-7-4-2-6-11-9(7)8(5-1)10-12-11/h1-5,10H,6H2. The first-order chi connectivity index (χ1) is 5.95. The highest BCUT2D eigenvalue weighted by Gasteiger charge is 2.23. The summed E-state index contributed by atoms with van der Waals surface area (Å²) in [6.07, 6.45) is 4.37. The Morgan fingerprint density at radius 3 is 3.42 bits per heavy atom. The van der Waals surface area contributed by atoms with Crippen LogP contribution < -0.4 is 9.03 Å². The molecule has 2 heterocycles. The van der Waals surface area contributed by atoms with Crippen LogP contribution in [-0.4, -0.2) is 6.54 Å². The molecule has 1 N–H and O–H groups in total. The second-order valence-electron chi connectivity index (χ2n) is 2.90. The van der Waals surface area contributed by atoms with Crippen LogP contribution in [0.2, 0.25) is 0 Å². The summed E-state index contributed by atoms with van der Waals surface area (Å²) in [7, 11) is 0. The minimum absolute atomic E-state index is 1.00. The molecule has 0 bridgehead atoms. The van der Waals surface area contributed by atoms with Crippen molar-refractivity contribution in [2.45, 2.75) is 0 Å². The molecule has 0 amide bonds. The third-order valence-corrected chi connectivity index (χ3v) is 3.01. The fourth-order valence-electron chi connectivity index (χ4n) is 1.61. The van der Waals surface area contributed by atoms with E-state index in [2.05, 4.69) is 39.4 Å². The summed E-state index contributed by atoms with van der Waals surface area (Å²) in [4.78, 5) is 0. The van der Waals surface area contributed by atoms with Crippen molar-refractivity contribution in [2.75, 3.05) is 15.6 Å². The zero-order valence-electron chi connectivity index (χ0n) is 6.45. The molecule has 0 radical (unpaired) electrons. The zero-order valence-corrected chi connectivity index (χ0v) is 7.27. The Labute approximate surface area is 75.5 Å². The number of rotatable bonds is 0. The van der Waals surface area contributed by atoms with Gasteiger partial charge < -0.3 is 4.72 Å². The van der Waals surface area contributed by atoms with Crippen LogP contribution in [-0.2, 0) is 0 Å². The minimum atomic E-state index is 1.00. The molecule has 3 heteroatoms. The van der Waals surface area contributed by atoms with Crippen LogP contribution in [0.4, 0.5) is 11.4 Å². The van der Waals surface area contributed by atoms with Crippen LogP contribution in [0.1, 0.15) is 5.56 Å². The van der Waals surface area contributed by atoms with Crippen molar-refractivity contribution in [3.63, 3.8) is 0 Å². The molecule has 2 aliphatic heterocycles. The minimum Gasteiger partial charge on any atom is -0.310 e. The van der Waals surface area contributed by atoms with E-state index in [4.69, 9.17) is 0 Å². The molecule has 0 saturated heterocycles. The number of hydrogen-bond donors (Lipinski definition) is 1. The molecule has 0 aliphatic carbocycles. The number of benzene rings is 1. The van der Waals surface area contributed by atoms with Crippen molar-refractivity contribution in [1.29, 1.82) is 0 Å². The quantitative estimate of drug-likeness (QED) is 0.611. The maximum absolute atomic E-state index is 3.28. The van der Waals surface area contributed by atoms with Gasteiger partial charge in [-0.2, -0.15) is 0 Å². The molecule has 60 valence electrons. The van der Waals surface area contributed by atoms with Gasteiger partial charge in [-0.15, -0.1) is 0 Å². The summed E-state index contributed by atoms with van der Waals surface area (Å²) in [5.74, 6) is 0. The number of anilines is 2. The third-order valence-electron chi connectivity index (χ3n) is 2.15. The molecule has 1 aromatic carbocycles. The molecule has 0 unspecified atom stereocenters. The third kappa shape index (κ3) is 0.716. The summed E-state index contributed by atoms with van der Waals surface area (Å²) >= 11 is 1.67.